The number of carboxylic acid groups (broad SMARTS) is 1. The van der Waals surface area contributed by atoms with Gasteiger partial charge >= 0.3 is 5.97 Å². The van der Waals surface area contributed by atoms with E-state index in [2.05, 4.69) is 0 Å². The minimum atomic E-state index is -0.980. The number of hydrogen-bond acceptors (Lipinski definition) is 3. The van der Waals surface area contributed by atoms with E-state index in [0.29, 0.717) is 12.1 Å². The molecule has 0 saturated carbocycles. The third-order valence-corrected chi connectivity index (χ3v) is 3.15. The maximum absolute atomic E-state index is 12.2. The summed E-state index contributed by atoms with van der Waals surface area (Å²) in [5.74, 6) is -0.927. The highest BCUT2D eigenvalue weighted by Crippen LogP contribution is 2.16. The normalized spacial score (nSPS) is 10.6. The molecule has 1 amide bonds. The molecule has 0 aromatic carbocycles. The van der Waals surface area contributed by atoms with Gasteiger partial charge in [-0.25, -0.2) is 0 Å². The van der Waals surface area contributed by atoms with E-state index in [4.69, 9.17) is 5.11 Å². The summed E-state index contributed by atoms with van der Waals surface area (Å²) in [6, 6.07) is 0. The third-order valence-electron chi connectivity index (χ3n) is 2.28. The Morgan fingerprint density at radius 2 is 2.06 bits per heavy atom. The van der Waals surface area contributed by atoms with Crippen LogP contribution in [0.25, 0.3) is 0 Å². The lowest BCUT2D eigenvalue weighted by Gasteiger charge is -2.22. The maximum Gasteiger partial charge on any atom is 0.323 e. The number of nitrogens with zero attached hydrogens (tertiary/aromatic N) is 1. The Morgan fingerprint density at radius 1 is 1.41 bits per heavy atom. The second kappa shape index (κ2) is 5.82. The predicted molar refractivity (Wildman–Crippen MR) is 67.4 cm³/mol. The van der Waals surface area contributed by atoms with E-state index in [1.165, 1.54) is 16.2 Å². The Morgan fingerprint density at radius 3 is 2.47 bits per heavy atom. The lowest BCUT2D eigenvalue weighted by Crippen LogP contribution is -2.38. The van der Waals surface area contributed by atoms with Gasteiger partial charge in [0.05, 0.1) is 5.56 Å². The zero-order chi connectivity index (χ0) is 13.0. The van der Waals surface area contributed by atoms with Gasteiger partial charge in [-0.05, 0) is 23.8 Å². The van der Waals surface area contributed by atoms with Crippen molar-refractivity contribution in [3.63, 3.8) is 0 Å². The molecule has 0 aliphatic heterocycles. The fourth-order valence-electron chi connectivity index (χ4n) is 1.57. The third kappa shape index (κ3) is 3.85. The van der Waals surface area contributed by atoms with E-state index in [0.717, 1.165) is 5.56 Å². The van der Waals surface area contributed by atoms with Crippen LogP contribution in [0.5, 0.6) is 0 Å². The van der Waals surface area contributed by atoms with E-state index in [9.17, 15) is 9.59 Å². The molecule has 1 aromatic rings. The van der Waals surface area contributed by atoms with Crippen LogP contribution >= 0.6 is 11.3 Å². The van der Waals surface area contributed by atoms with Gasteiger partial charge in [0, 0.05) is 11.9 Å². The first-order chi connectivity index (χ1) is 7.91. The SMILES string of the molecule is Cc1cscc1C(=O)N(CC(=O)O)CC(C)C. The van der Waals surface area contributed by atoms with Crippen molar-refractivity contribution in [1.29, 1.82) is 0 Å². The number of hydrogen-bond donors (Lipinski definition) is 1. The molecule has 0 fully saturated rings. The first kappa shape index (κ1) is 13.7. The molecule has 0 aliphatic carbocycles. The molecule has 0 bridgehead atoms. The van der Waals surface area contributed by atoms with Gasteiger partial charge in [-0.3, -0.25) is 9.59 Å². The van der Waals surface area contributed by atoms with Crippen molar-refractivity contribution in [2.75, 3.05) is 13.1 Å². The average molecular weight is 255 g/mol. The quantitative estimate of drug-likeness (QED) is 0.877. The van der Waals surface area contributed by atoms with Crippen LogP contribution in [0.1, 0.15) is 29.8 Å². The number of amides is 1. The lowest BCUT2D eigenvalue weighted by atomic mass is 10.1. The topological polar surface area (TPSA) is 57.6 Å². The van der Waals surface area contributed by atoms with Gasteiger partial charge in [0.15, 0.2) is 0 Å². The fourth-order valence-corrected chi connectivity index (χ4v) is 2.40. The number of aliphatic carboxylic acids is 1. The zero-order valence-electron chi connectivity index (χ0n) is 10.3. The van der Waals surface area contributed by atoms with E-state index in [1.54, 1.807) is 5.38 Å². The number of thiophene rings is 1. The molecule has 4 nitrogen and oxygen atoms in total. The van der Waals surface area contributed by atoms with Gasteiger partial charge in [0.1, 0.15) is 6.54 Å². The lowest BCUT2D eigenvalue weighted by molar-refractivity contribution is -0.137. The summed E-state index contributed by atoms with van der Waals surface area (Å²) in [6.07, 6.45) is 0. The number of rotatable bonds is 5. The van der Waals surface area contributed by atoms with Gasteiger partial charge in [-0.15, -0.1) is 0 Å². The van der Waals surface area contributed by atoms with Gasteiger partial charge in [0.25, 0.3) is 5.91 Å². The summed E-state index contributed by atoms with van der Waals surface area (Å²) in [7, 11) is 0. The van der Waals surface area contributed by atoms with Crippen LogP contribution in [0, 0.1) is 12.8 Å². The van der Waals surface area contributed by atoms with E-state index >= 15 is 0 Å². The highest BCUT2D eigenvalue weighted by atomic mass is 32.1. The average Bonchev–Trinajstić information content (AvgIpc) is 2.61. The molecule has 0 aliphatic rings. The van der Waals surface area contributed by atoms with Crippen LogP contribution in [0.2, 0.25) is 0 Å². The van der Waals surface area contributed by atoms with Crippen molar-refractivity contribution in [1.82, 2.24) is 4.90 Å². The molecular formula is C12H17NO3S. The van der Waals surface area contributed by atoms with Crippen molar-refractivity contribution in [3.05, 3.63) is 21.9 Å². The van der Waals surface area contributed by atoms with Crippen molar-refractivity contribution in [3.8, 4) is 0 Å². The van der Waals surface area contributed by atoms with Crippen molar-refractivity contribution in [2.45, 2.75) is 20.8 Å². The largest absolute Gasteiger partial charge is 0.480 e. The molecule has 0 saturated heterocycles. The summed E-state index contributed by atoms with van der Waals surface area (Å²) in [5, 5.41) is 12.5. The summed E-state index contributed by atoms with van der Waals surface area (Å²) in [4.78, 5) is 24.3. The van der Waals surface area contributed by atoms with E-state index in [1.807, 2.05) is 26.2 Å². The van der Waals surface area contributed by atoms with Crippen molar-refractivity contribution < 1.29 is 14.7 Å². The zero-order valence-corrected chi connectivity index (χ0v) is 11.1. The molecule has 94 valence electrons. The molecule has 17 heavy (non-hydrogen) atoms. The number of carbonyl (C=O) groups excluding carboxylic acids is 1. The number of carboxylic acids is 1. The van der Waals surface area contributed by atoms with Gasteiger partial charge < -0.3 is 10.0 Å². The van der Waals surface area contributed by atoms with Crippen molar-refractivity contribution >= 4 is 23.2 Å². The van der Waals surface area contributed by atoms with Crippen LogP contribution in [-0.4, -0.2) is 35.0 Å². The maximum atomic E-state index is 12.2. The first-order valence-electron chi connectivity index (χ1n) is 5.45. The Balaban J connectivity index is 2.86. The van der Waals surface area contributed by atoms with Gasteiger partial charge in [0.2, 0.25) is 0 Å². The van der Waals surface area contributed by atoms with Gasteiger partial charge in [-0.1, -0.05) is 13.8 Å². The minimum absolute atomic E-state index is 0.195. The highest BCUT2D eigenvalue weighted by Gasteiger charge is 2.21. The molecule has 0 atom stereocenters. The summed E-state index contributed by atoms with van der Waals surface area (Å²) in [6.45, 7) is 6.00. The van der Waals surface area contributed by atoms with Crippen LogP contribution in [0.4, 0.5) is 0 Å². The van der Waals surface area contributed by atoms with E-state index < -0.39 is 5.97 Å². The molecule has 0 unspecified atom stereocenters. The summed E-state index contributed by atoms with van der Waals surface area (Å²) < 4.78 is 0. The molecule has 5 heteroatoms. The smallest absolute Gasteiger partial charge is 0.323 e. The second-order valence-electron chi connectivity index (χ2n) is 4.44. The monoisotopic (exact) mass is 255 g/mol. The molecule has 0 spiro atoms. The van der Waals surface area contributed by atoms with E-state index in [-0.39, 0.29) is 18.4 Å². The Kier molecular flexibility index (Phi) is 4.69. The van der Waals surface area contributed by atoms with Gasteiger partial charge in [-0.2, -0.15) is 11.3 Å². The molecule has 1 aromatic heterocycles. The van der Waals surface area contributed by atoms with Crippen LogP contribution in [0.3, 0.4) is 0 Å². The van der Waals surface area contributed by atoms with Crippen LogP contribution in [0.15, 0.2) is 10.8 Å². The van der Waals surface area contributed by atoms with Crippen molar-refractivity contribution in [2.24, 2.45) is 5.92 Å². The Bertz CT molecular complexity index is 412. The second-order valence-corrected chi connectivity index (χ2v) is 5.19. The molecule has 1 heterocycles. The summed E-state index contributed by atoms with van der Waals surface area (Å²) >= 11 is 1.45. The molecular weight excluding hydrogens is 238 g/mol. The Hall–Kier alpha value is -1.36. The van der Waals surface area contributed by atoms with Crippen LogP contribution in [-0.2, 0) is 4.79 Å². The highest BCUT2D eigenvalue weighted by molar-refractivity contribution is 7.08. The number of aryl methyl sites for hydroxylation is 1. The standard InChI is InChI=1S/C12H17NO3S/c1-8(2)4-13(5-11(14)15)12(16)10-7-17-6-9(10)3/h6-8H,4-5H2,1-3H3,(H,14,15). The predicted octanol–water partition coefficient (Wildman–Crippen LogP) is 2.24. The fraction of sp³-hybridized carbons (Fsp3) is 0.500. The molecule has 1 rings (SSSR count). The minimum Gasteiger partial charge on any atom is -0.480 e. The first-order valence-corrected chi connectivity index (χ1v) is 6.40. The van der Waals surface area contributed by atoms with Crippen LogP contribution < -0.4 is 0 Å². The number of carbonyl (C=O) groups is 2. The molecule has 0 radical (unpaired) electrons. The summed E-state index contributed by atoms with van der Waals surface area (Å²) in [5.41, 5.74) is 1.51. The molecule has 1 N–H and O–H groups in total. The Labute approximate surface area is 105 Å².